The maximum atomic E-state index is 12.3. The molecule has 0 aliphatic rings. The van der Waals surface area contributed by atoms with E-state index in [0.717, 1.165) is 4.47 Å². The second kappa shape index (κ2) is 5.72. The van der Waals surface area contributed by atoms with E-state index < -0.39 is 0 Å². The zero-order valence-corrected chi connectivity index (χ0v) is 13.1. The fourth-order valence-corrected chi connectivity index (χ4v) is 2.41. The number of carbonyl (C=O) groups excluding carboxylic acids is 1. The van der Waals surface area contributed by atoms with Gasteiger partial charge >= 0.3 is 0 Å². The molecule has 0 atom stereocenters. The number of amides is 1. The van der Waals surface area contributed by atoms with Crippen LogP contribution in [0.5, 0.6) is 0 Å². The second-order valence-corrected chi connectivity index (χ2v) is 5.51. The summed E-state index contributed by atoms with van der Waals surface area (Å²) in [7, 11) is 0. The van der Waals surface area contributed by atoms with Gasteiger partial charge in [0.05, 0.1) is 11.4 Å². The number of nitrogens with zero attached hydrogens (tertiary/aromatic N) is 3. The van der Waals surface area contributed by atoms with Gasteiger partial charge in [-0.25, -0.2) is 4.98 Å². The third kappa shape index (κ3) is 2.64. The Bertz CT molecular complexity index is 916. The van der Waals surface area contributed by atoms with Crippen molar-refractivity contribution in [3.05, 3.63) is 51.1 Å². The van der Waals surface area contributed by atoms with Crippen LogP contribution in [0.1, 0.15) is 5.69 Å². The van der Waals surface area contributed by atoms with Crippen LogP contribution in [0.15, 0.2) is 44.4 Å². The Labute approximate surface area is 133 Å². The number of aryl methyl sites for hydroxylation is 1. The van der Waals surface area contributed by atoms with E-state index in [0.29, 0.717) is 11.4 Å². The molecular formula is C14H11BrN4O3. The van der Waals surface area contributed by atoms with Gasteiger partial charge in [0.25, 0.3) is 11.3 Å². The molecule has 3 rings (SSSR count). The molecule has 2 heterocycles. The van der Waals surface area contributed by atoms with Gasteiger partial charge in [0.15, 0.2) is 0 Å². The van der Waals surface area contributed by atoms with Crippen LogP contribution in [-0.4, -0.2) is 20.6 Å². The Kier molecular flexibility index (Phi) is 3.76. The van der Waals surface area contributed by atoms with E-state index >= 15 is 0 Å². The van der Waals surface area contributed by atoms with Crippen LogP contribution in [0.25, 0.3) is 11.1 Å². The van der Waals surface area contributed by atoms with E-state index in [1.165, 1.54) is 10.9 Å². The number of nitrogens with one attached hydrogen (secondary N) is 1. The Balaban J connectivity index is 1.86. The molecule has 8 heteroatoms. The summed E-state index contributed by atoms with van der Waals surface area (Å²) in [6.07, 6.45) is 1.27. The van der Waals surface area contributed by atoms with Crippen LogP contribution in [0.4, 0.5) is 5.69 Å². The van der Waals surface area contributed by atoms with E-state index in [1.807, 2.05) is 12.1 Å². The van der Waals surface area contributed by atoms with Crippen LogP contribution < -0.4 is 10.9 Å². The number of benzene rings is 1. The van der Waals surface area contributed by atoms with Gasteiger partial charge in [-0.15, -0.1) is 0 Å². The summed E-state index contributed by atoms with van der Waals surface area (Å²) < 4.78 is 6.90. The molecule has 0 saturated heterocycles. The smallest absolute Gasteiger partial charge is 0.267 e. The maximum absolute atomic E-state index is 12.3. The lowest BCUT2D eigenvalue weighted by atomic mass is 10.3. The summed E-state index contributed by atoms with van der Waals surface area (Å²) in [5, 5.41) is 6.72. The third-order valence-electron chi connectivity index (χ3n) is 3.10. The summed E-state index contributed by atoms with van der Waals surface area (Å²) in [6.45, 7) is 1.51. The maximum Gasteiger partial charge on any atom is 0.267 e. The number of fused-ring (bicyclic) bond motifs is 1. The van der Waals surface area contributed by atoms with Crippen molar-refractivity contribution in [2.24, 2.45) is 0 Å². The molecule has 0 unspecified atom stereocenters. The predicted octanol–water partition coefficient (Wildman–Crippen LogP) is 2.09. The number of rotatable bonds is 3. The van der Waals surface area contributed by atoms with Gasteiger partial charge in [-0.2, -0.15) is 0 Å². The molecule has 1 amide bonds. The molecule has 112 valence electrons. The van der Waals surface area contributed by atoms with E-state index in [2.05, 4.69) is 31.4 Å². The van der Waals surface area contributed by atoms with Crippen LogP contribution in [0.3, 0.4) is 0 Å². The van der Waals surface area contributed by atoms with Gasteiger partial charge in [0.1, 0.15) is 18.3 Å². The number of aromatic nitrogens is 3. The van der Waals surface area contributed by atoms with Crippen molar-refractivity contribution in [1.82, 2.24) is 14.7 Å². The third-order valence-corrected chi connectivity index (χ3v) is 3.79. The highest BCUT2D eigenvalue weighted by molar-refractivity contribution is 9.10. The minimum absolute atomic E-state index is 0.145. The first-order chi connectivity index (χ1) is 10.6. The van der Waals surface area contributed by atoms with E-state index in [1.54, 1.807) is 19.1 Å². The topological polar surface area (TPSA) is 90.0 Å². The average molecular weight is 363 g/mol. The predicted molar refractivity (Wildman–Crippen MR) is 83.6 cm³/mol. The van der Waals surface area contributed by atoms with Gasteiger partial charge < -0.3 is 9.84 Å². The highest BCUT2D eigenvalue weighted by Gasteiger charge is 2.14. The highest BCUT2D eigenvalue weighted by Crippen LogP contribution is 2.21. The van der Waals surface area contributed by atoms with Crippen molar-refractivity contribution in [2.45, 2.75) is 13.5 Å². The zero-order chi connectivity index (χ0) is 15.7. The molecule has 1 aromatic carbocycles. The lowest BCUT2D eigenvalue weighted by molar-refractivity contribution is -0.116. The molecule has 2 aromatic heterocycles. The fourth-order valence-electron chi connectivity index (χ4n) is 2.03. The average Bonchev–Trinajstić information content (AvgIpc) is 2.87. The fraction of sp³-hybridized carbons (Fsp3) is 0.143. The van der Waals surface area contributed by atoms with E-state index in [9.17, 15) is 9.59 Å². The van der Waals surface area contributed by atoms with Crippen LogP contribution in [0.2, 0.25) is 0 Å². The molecule has 7 nitrogen and oxygen atoms in total. The van der Waals surface area contributed by atoms with Gasteiger partial charge in [-0.05, 0) is 35.0 Å². The van der Waals surface area contributed by atoms with Crippen LogP contribution in [-0.2, 0) is 11.3 Å². The summed E-state index contributed by atoms with van der Waals surface area (Å²) >= 11 is 3.35. The molecule has 0 saturated carbocycles. The van der Waals surface area contributed by atoms with Crippen molar-refractivity contribution in [1.29, 1.82) is 0 Å². The van der Waals surface area contributed by atoms with Crippen molar-refractivity contribution in [2.75, 3.05) is 5.32 Å². The number of halogens is 1. The molecular weight excluding hydrogens is 352 g/mol. The first-order valence-electron chi connectivity index (χ1n) is 6.42. The largest absolute Gasteiger partial charge is 0.335 e. The van der Waals surface area contributed by atoms with Gasteiger partial charge in [-0.3, -0.25) is 14.2 Å². The monoisotopic (exact) mass is 362 g/mol. The molecule has 0 fully saturated rings. The molecule has 3 aromatic rings. The summed E-state index contributed by atoms with van der Waals surface area (Å²) in [5.74, 6) is -0.329. The summed E-state index contributed by atoms with van der Waals surface area (Å²) in [5.41, 5.74) is 0.903. The Morgan fingerprint density at radius 1 is 1.41 bits per heavy atom. The highest BCUT2D eigenvalue weighted by atomic mass is 79.9. The number of hydrogen-bond donors (Lipinski definition) is 1. The Hall–Kier alpha value is -2.48. The minimum Gasteiger partial charge on any atom is -0.335 e. The molecule has 0 bridgehead atoms. The Morgan fingerprint density at radius 2 is 2.18 bits per heavy atom. The zero-order valence-electron chi connectivity index (χ0n) is 11.5. The first-order valence-corrected chi connectivity index (χ1v) is 7.21. The normalized spacial score (nSPS) is 10.8. The lowest BCUT2D eigenvalue weighted by Crippen LogP contribution is -2.28. The Morgan fingerprint density at radius 3 is 2.95 bits per heavy atom. The van der Waals surface area contributed by atoms with Gasteiger partial charge in [0.2, 0.25) is 5.91 Å². The van der Waals surface area contributed by atoms with Crippen molar-refractivity contribution >= 4 is 38.6 Å². The standard InChI is InChI=1S/C14H11BrN4O3/c1-8-12-13(22-18-8)16-7-19(14(12)21)6-11(20)17-10-5-3-2-4-9(10)15/h2-5,7H,6H2,1H3,(H,17,20). The molecule has 0 spiro atoms. The van der Waals surface area contributed by atoms with Gasteiger partial charge in [-0.1, -0.05) is 17.3 Å². The molecule has 0 aliphatic heterocycles. The van der Waals surface area contributed by atoms with Crippen LogP contribution >= 0.6 is 15.9 Å². The second-order valence-electron chi connectivity index (χ2n) is 4.65. The molecule has 22 heavy (non-hydrogen) atoms. The molecule has 0 aliphatic carbocycles. The van der Waals surface area contributed by atoms with E-state index in [4.69, 9.17) is 4.52 Å². The van der Waals surface area contributed by atoms with Crippen LogP contribution in [0, 0.1) is 6.92 Å². The van der Waals surface area contributed by atoms with E-state index in [-0.39, 0.29) is 29.1 Å². The van der Waals surface area contributed by atoms with Gasteiger partial charge in [0, 0.05) is 4.47 Å². The quantitative estimate of drug-likeness (QED) is 0.770. The van der Waals surface area contributed by atoms with Crippen molar-refractivity contribution in [3.63, 3.8) is 0 Å². The number of carbonyl (C=O) groups is 1. The number of anilines is 1. The van der Waals surface area contributed by atoms with Crippen molar-refractivity contribution < 1.29 is 9.32 Å². The summed E-state index contributed by atoms with van der Waals surface area (Å²) in [6, 6.07) is 7.23. The first kappa shape index (κ1) is 14.5. The number of hydrogen-bond acceptors (Lipinski definition) is 5. The molecule has 1 N–H and O–H groups in total. The van der Waals surface area contributed by atoms with Crippen molar-refractivity contribution in [3.8, 4) is 0 Å². The summed E-state index contributed by atoms with van der Waals surface area (Å²) in [4.78, 5) is 28.4. The lowest BCUT2D eigenvalue weighted by Gasteiger charge is -2.08. The number of para-hydroxylation sites is 1. The molecule has 0 radical (unpaired) electrons. The minimum atomic E-state index is -0.356. The SMILES string of the molecule is Cc1noc2ncn(CC(=O)Nc3ccccc3Br)c(=O)c12.